The highest BCUT2D eigenvalue weighted by Crippen LogP contribution is 2.54. The second-order valence-electron chi connectivity index (χ2n) is 5.39. The lowest BCUT2D eigenvalue weighted by atomic mass is 10.2. The summed E-state index contributed by atoms with van der Waals surface area (Å²) in [7, 11) is 0. The van der Waals surface area contributed by atoms with E-state index in [1.165, 1.54) is 0 Å². The number of carboxylic acid groups (broad SMARTS) is 1. The lowest BCUT2D eigenvalue weighted by molar-refractivity contribution is -0.138. The smallest absolute Gasteiger partial charge is 0.306 e. The molecule has 2 saturated carbocycles. The zero-order valence-corrected chi connectivity index (χ0v) is 10.0. The van der Waals surface area contributed by atoms with Crippen LogP contribution >= 0.6 is 0 Å². The number of nitrogens with one attached hydrogen (secondary N) is 1. The molecule has 3 rings (SSSR count). The Labute approximate surface area is 105 Å². The molecule has 18 heavy (non-hydrogen) atoms. The largest absolute Gasteiger partial charge is 0.481 e. The highest BCUT2D eigenvalue weighted by molar-refractivity contribution is 5.82. The fourth-order valence-corrected chi connectivity index (χ4v) is 2.81. The molecule has 2 aliphatic carbocycles. The van der Waals surface area contributed by atoms with Crippen molar-refractivity contribution in [3.05, 3.63) is 12.2 Å². The van der Waals surface area contributed by atoms with Crippen molar-refractivity contribution in [2.24, 2.45) is 17.8 Å². The van der Waals surface area contributed by atoms with Crippen molar-refractivity contribution in [1.82, 2.24) is 5.32 Å². The van der Waals surface area contributed by atoms with E-state index in [2.05, 4.69) is 5.32 Å². The Morgan fingerprint density at radius 3 is 2.67 bits per heavy atom. The van der Waals surface area contributed by atoms with Gasteiger partial charge >= 0.3 is 5.97 Å². The van der Waals surface area contributed by atoms with Gasteiger partial charge in [0.15, 0.2) is 0 Å². The third-order valence-electron chi connectivity index (χ3n) is 4.08. The molecular formula is C13H17NO4. The Bertz CT molecular complexity index is 406. The van der Waals surface area contributed by atoms with Gasteiger partial charge in [-0.2, -0.15) is 0 Å². The van der Waals surface area contributed by atoms with Crippen LogP contribution in [0.25, 0.3) is 0 Å². The maximum atomic E-state index is 11.9. The van der Waals surface area contributed by atoms with Crippen molar-refractivity contribution in [2.75, 3.05) is 6.61 Å². The van der Waals surface area contributed by atoms with E-state index in [-0.39, 0.29) is 29.9 Å². The number of amides is 1. The maximum absolute atomic E-state index is 11.9. The van der Waals surface area contributed by atoms with Crippen molar-refractivity contribution in [2.45, 2.75) is 31.4 Å². The van der Waals surface area contributed by atoms with Gasteiger partial charge in [-0.05, 0) is 24.7 Å². The highest BCUT2D eigenvalue weighted by Gasteiger charge is 2.57. The molecule has 2 N–H and O–H groups in total. The number of rotatable bonds is 4. The van der Waals surface area contributed by atoms with E-state index in [9.17, 15) is 9.59 Å². The molecule has 0 saturated heterocycles. The van der Waals surface area contributed by atoms with Crippen molar-refractivity contribution in [1.29, 1.82) is 0 Å². The summed E-state index contributed by atoms with van der Waals surface area (Å²) in [6.45, 7) is 0.496. The van der Waals surface area contributed by atoms with Gasteiger partial charge in [-0.25, -0.2) is 0 Å². The van der Waals surface area contributed by atoms with Gasteiger partial charge in [0.25, 0.3) is 0 Å². The first-order valence-corrected chi connectivity index (χ1v) is 6.46. The number of carboxylic acids is 1. The van der Waals surface area contributed by atoms with E-state index in [1.54, 1.807) is 0 Å². The molecule has 1 amide bonds. The summed E-state index contributed by atoms with van der Waals surface area (Å²) in [4.78, 5) is 22.6. The topological polar surface area (TPSA) is 75.6 Å². The molecule has 0 aromatic carbocycles. The molecule has 1 unspecified atom stereocenters. The van der Waals surface area contributed by atoms with Gasteiger partial charge in [-0.1, -0.05) is 12.2 Å². The minimum atomic E-state index is -0.697. The molecule has 5 heteroatoms. The normalized spacial score (nSPS) is 41.2. The summed E-state index contributed by atoms with van der Waals surface area (Å²) in [5, 5.41) is 11.8. The first-order chi connectivity index (χ1) is 8.66. The minimum absolute atomic E-state index is 0.0561. The predicted molar refractivity (Wildman–Crippen MR) is 62.8 cm³/mol. The lowest BCUT2D eigenvalue weighted by Gasteiger charge is -2.18. The Kier molecular flexibility index (Phi) is 2.86. The van der Waals surface area contributed by atoms with Crippen LogP contribution in [0.1, 0.15) is 19.3 Å². The second-order valence-corrected chi connectivity index (χ2v) is 5.39. The van der Waals surface area contributed by atoms with E-state index in [0.29, 0.717) is 18.9 Å². The van der Waals surface area contributed by atoms with E-state index < -0.39 is 5.97 Å². The number of hydrogen-bond acceptors (Lipinski definition) is 3. The van der Waals surface area contributed by atoms with Crippen LogP contribution in [0.2, 0.25) is 0 Å². The van der Waals surface area contributed by atoms with Gasteiger partial charge in [0.1, 0.15) is 6.10 Å². The minimum Gasteiger partial charge on any atom is -0.481 e. The van der Waals surface area contributed by atoms with Crippen LogP contribution in [0.3, 0.4) is 0 Å². The molecule has 5 nitrogen and oxygen atoms in total. The number of hydrogen-bond donors (Lipinski definition) is 2. The molecule has 0 spiro atoms. The summed E-state index contributed by atoms with van der Waals surface area (Å²) < 4.78 is 5.35. The Morgan fingerprint density at radius 1 is 1.22 bits per heavy atom. The number of carbonyl (C=O) groups excluding carboxylic acids is 1. The van der Waals surface area contributed by atoms with Crippen LogP contribution in [0, 0.1) is 17.8 Å². The average molecular weight is 251 g/mol. The lowest BCUT2D eigenvalue weighted by Crippen LogP contribution is -2.39. The van der Waals surface area contributed by atoms with Crippen molar-refractivity contribution in [3.8, 4) is 0 Å². The van der Waals surface area contributed by atoms with Gasteiger partial charge in [0, 0.05) is 12.5 Å². The van der Waals surface area contributed by atoms with Crippen LogP contribution in [0.15, 0.2) is 12.2 Å². The van der Waals surface area contributed by atoms with Crippen LogP contribution in [-0.2, 0) is 14.3 Å². The molecule has 1 heterocycles. The Morgan fingerprint density at radius 2 is 2.06 bits per heavy atom. The summed E-state index contributed by atoms with van der Waals surface area (Å²) >= 11 is 0. The van der Waals surface area contributed by atoms with E-state index in [0.717, 1.165) is 12.8 Å². The molecule has 5 atom stereocenters. The zero-order valence-electron chi connectivity index (χ0n) is 10.0. The average Bonchev–Trinajstić information content (AvgIpc) is 3.23. The molecule has 0 radical (unpaired) electrons. The van der Waals surface area contributed by atoms with Crippen molar-refractivity contribution < 1.29 is 19.4 Å². The Hall–Kier alpha value is -1.36. The van der Waals surface area contributed by atoms with Gasteiger partial charge in [-0.15, -0.1) is 0 Å². The summed E-state index contributed by atoms with van der Waals surface area (Å²) in [6.07, 6.45) is 5.82. The SMILES string of the molecule is O=C(N[C@H]1C[C@H]1[C@H]1C[C@H]1C(=O)O)C1CC=CCO1. The summed E-state index contributed by atoms with van der Waals surface area (Å²) in [5.41, 5.74) is 0. The molecule has 0 bridgehead atoms. The van der Waals surface area contributed by atoms with Crippen LogP contribution < -0.4 is 5.32 Å². The predicted octanol–water partition coefficient (Wildman–Crippen LogP) is 0.557. The number of carbonyl (C=O) groups is 2. The van der Waals surface area contributed by atoms with Crippen LogP contribution in [0.5, 0.6) is 0 Å². The Balaban J connectivity index is 1.44. The molecule has 1 aliphatic heterocycles. The quantitative estimate of drug-likeness (QED) is 0.716. The fraction of sp³-hybridized carbons (Fsp3) is 0.692. The molecule has 98 valence electrons. The van der Waals surface area contributed by atoms with Gasteiger partial charge in [0.05, 0.1) is 12.5 Å². The zero-order chi connectivity index (χ0) is 12.7. The van der Waals surface area contributed by atoms with Gasteiger partial charge in [0.2, 0.25) is 5.91 Å². The fourth-order valence-electron chi connectivity index (χ4n) is 2.81. The van der Waals surface area contributed by atoms with E-state index in [4.69, 9.17) is 9.84 Å². The first-order valence-electron chi connectivity index (χ1n) is 6.46. The summed E-state index contributed by atoms with van der Waals surface area (Å²) in [5.74, 6) is -0.281. The monoisotopic (exact) mass is 251 g/mol. The van der Waals surface area contributed by atoms with E-state index >= 15 is 0 Å². The second kappa shape index (κ2) is 4.39. The van der Waals surface area contributed by atoms with Crippen LogP contribution in [-0.4, -0.2) is 35.7 Å². The van der Waals surface area contributed by atoms with E-state index in [1.807, 2.05) is 12.2 Å². The molecule has 2 fully saturated rings. The van der Waals surface area contributed by atoms with Crippen LogP contribution in [0.4, 0.5) is 0 Å². The molecule has 3 aliphatic rings. The molecular weight excluding hydrogens is 234 g/mol. The molecule has 0 aromatic rings. The summed E-state index contributed by atoms with van der Waals surface area (Å²) in [6, 6.07) is 0.168. The highest BCUT2D eigenvalue weighted by atomic mass is 16.5. The van der Waals surface area contributed by atoms with Crippen molar-refractivity contribution >= 4 is 11.9 Å². The maximum Gasteiger partial charge on any atom is 0.306 e. The first kappa shape index (κ1) is 11.7. The van der Waals surface area contributed by atoms with Crippen molar-refractivity contribution in [3.63, 3.8) is 0 Å². The standard InChI is InChI=1S/C13H17NO4/c15-12(11-3-1-2-4-18-11)14-10-6-8(10)7-5-9(7)13(16)17/h1-2,7-11H,3-6H2,(H,14,15)(H,16,17)/t7-,8+,9-,10+,11?/m1/s1. The number of ether oxygens (including phenoxy) is 1. The number of aliphatic carboxylic acids is 1. The van der Waals surface area contributed by atoms with Gasteiger partial charge in [-0.3, -0.25) is 9.59 Å². The third-order valence-corrected chi connectivity index (χ3v) is 4.08. The molecule has 0 aromatic heterocycles. The third kappa shape index (κ3) is 2.27. The van der Waals surface area contributed by atoms with Gasteiger partial charge < -0.3 is 15.2 Å².